The Morgan fingerprint density at radius 2 is 1.67 bits per heavy atom. The maximum absolute atomic E-state index is 13.4. The zero-order chi connectivity index (χ0) is 18.2. The van der Waals surface area contributed by atoms with Gasteiger partial charge in [0.25, 0.3) is 6.43 Å². The van der Waals surface area contributed by atoms with Gasteiger partial charge in [-0.3, -0.25) is 0 Å². The highest BCUT2D eigenvalue weighted by Crippen LogP contribution is 2.39. The molecule has 3 nitrogen and oxygen atoms in total. The molecule has 0 aliphatic carbocycles. The molecule has 0 spiro atoms. The number of nitrogens with zero attached hydrogens (tertiary/aromatic N) is 2. The fourth-order valence-electron chi connectivity index (χ4n) is 3.14. The van der Waals surface area contributed by atoms with Gasteiger partial charge in [0.15, 0.2) is 0 Å². The van der Waals surface area contributed by atoms with E-state index < -0.39 is 6.43 Å². The molecular weight excluding hydrogens is 425 g/mol. The average molecular weight is 456 g/mol. The van der Waals surface area contributed by atoms with Crippen molar-refractivity contribution in [1.29, 1.82) is 0 Å². The number of aromatic nitrogens is 2. The van der Waals surface area contributed by atoms with Crippen LogP contribution in [0.3, 0.4) is 0 Å². The van der Waals surface area contributed by atoms with Crippen LogP contribution in [-0.4, -0.2) is 16.9 Å². The van der Waals surface area contributed by atoms with E-state index in [1.165, 1.54) is 32.8 Å². The van der Waals surface area contributed by atoms with Crippen LogP contribution < -0.4 is 4.74 Å². The molecule has 1 aromatic heterocycles. The lowest BCUT2D eigenvalue weighted by Crippen LogP contribution is -2.32. The second-order valence-corrected chi connectivity index (χ2v) is 7.71. The molecule has 0 amide bonds. The van der Waals surface area contributed by atoms with Crippen LogP contribution in [0, 0.1) is 3.70 Å². The normalized spacial score (nSPS) is 14.2. The van der Waals surface area contributed by atoms with Crippen LogP contribution in [0.25, 0.3) is 0 Å². The van der Waals surface area contributed by atoms with Crippen molar-refractivity contribution in [3.63, 3.8) is 0 Å². The summed E-state index contributed by atoms with van der Waals surface area (Å²) in [6.07, 6.45) is 7.39. The van der Waals surface area contributed by atoms with Gasteiger partial charge in [-0.1, -0.05) is 58.8 Å². The Morgan fingerprint density at radius 1 is 1.08 bits per heavy atom. The van der Waals surface area contributed by atoms with Crippen LogP contribution in [0.2, 0.25) is 0 Å². The van der Waals surface area contributed by atoms with E-state index in [0.29, 0.717) is 3.70 Å². The first-order chi connectivity index (χ1) is 11.4. The van der Waals surface area contributed by atoms with E-state index in [2.05, 4.69) is 25.9 Å². The fraction of sp³-hybridized carbons (Fsp3) is 0.833. The number of rotatable bonds is 12. The van der Waals surface area contributed by atoms with E-state index in [1.54, 1.807) is 4.68 Å². The number of halogens is 3. The molecule has 0 radical (unpaired) electrons. The van der Waals surface area contributed by atoms with Gasteiger partial charge in [0.1, 0.15) is 9.26 Å². The molecule has 1 rings (SSSR count). The summed E-state index contributed by atoms with van der Waals surface area (Å²) in [6, 6.07) is 0. The zero-order valence-corrected chi connectivity index (χ0v) is 17.5. The van der Waals surface area contributed by atoms with Crippen molar-refractivity contribution in [2.24, 2.45) is 0 Å². The molecule has 1 heterocycles. The summed E-state index contributed by atoms with van der Waals surface area (Å²) in [5.74, 6) is 0.224. The topological polar surface area (TPSA) is 27.1 Å². The summed E-state index contributed by atoms with van der Waals surface area (Å²) in [6.45, 7) is 6.48. The molecule has 0 aliphatic heterocycles. The van der Waals surface area contributed by atoms with E-state index >= 15 is 0 Å². The van der Waals surface area contributed by atoms with E-state index in [0.717, 1.165) is 32.1 Å². The summed E-state index contributed by atoms with van der Waals surface area (Å²) < 4.78 is 34.2. The third kappa shape index (κ3) is 5.56. The molecule has 0 aliphatic rings. The van der Waals surface area contributed by atoms with E-state index in [9.17, 15) is 8.78 Å². The van der Waals surface area contributed by atoms with Crippen molar-refractivity contribution in [2.45, 2.75) is 90.5 Å². The average Bonchev–Trinajstić information content (AvgIpc) is 2.90. The smallest absolute Gasteiger partial charge is 0.271 e. The minimum atomic E-state index is -2.57. The number of methoxy groups -OCH3 is 1. The van der Waals surface area contributed by atoms with Crippen molar-refractivity contribution < 1.29 is 13.5 Å². The molecule has 0 N–H and O–H groups in total. The van der Waals surface area contributed by atoms with Gasteiger partial charge in [-0.25, -0.2) is 13.5 Å². The molecule has 0 bridgehead atoms. The Balaban J connectivity index is 3.04. The first-order valence-electron chi connectivity index (χ1n) is 9.02. The summed E-state index contributed by atoms with van der Waals surface area (Å²) in [4.78, 5) is 0. The molecule has 0 fully saturated rings. The van der Waals surface area contributed by atoms with Crippen molar-refractivity contribution >= 4 is 22.6 Å². The second-order valence-electron chi connectivity index (χ2n) is 6.69. The Bertz CT molecular complexity index is 494. The quantitative estimate of drug-likeness (QED) is 0.259. The minimum absolute atomic E-state index is 0.0770. The number of hydrogen-bond donors (Lipinski definition) is 0. The largest absolute Gasteiger partial charge is 0.481 e. The van der Waals surface area contributed by atoms with E-state index in [1.807, 2.05) is 22.6 Å². The highest BCUT2D eigenvalue weighted by Gasteiger charge is 2.34. The molecule has 0 saturated carbocycles. The predicted octanol–water partition coefficient (Wildman–Crippen LogP) is 6.70. The van der Waals surface area contributed by atoms with Crippen LogP contribution in [-0.2, 0) is 5.54 Å². The molecule has 6 heteroatoms. The minimum Gasteiger partial charge on any atom is -0.481 e. The zero-order valence-electron chi connectivity index (χ0n) is 15.4. The first kappa shape index (κ1) is 21.6. The van der Waals surface area contributed by atoms with Gasteiger partial charge in [0.05, 0.1) is 12.6 Å². The van der Waals surface area contributed by atoms with Gasteiger partial charge in [-0.15, -0.1) is 0 Å². The Labute approximate surface area is 158 Å². The van der Waals surface area contributed by atoms with Crippen LogP contribution in [0.5, 0.6) is 5.88 Å². The lowest BCUT2D eigenvalue weighted by atomic mass is 9.88. The second kappa shape index (κ2) is 10.6. The van der Waals surface area contributed by atoms with Gasteiger partial charge in [0.2, 0.25) is 5.88 Å². The lowest BCUT2D eigenvalue weighted by Gasteiger charge is -2.31. The van der Waals surface area contributed by atoms with Gasteiger partial charge in [-0.2, -0.15) is 5.10 Å². The van der Waals surface area contributed by atoms with Gasteiger partial charge in [-0.05, 0) is 42.4 Å². The monoisotopic (exact) mass is 456 g/mol. The lowest BCUT2D eigenvalue weighted by molar-refractivity contribution is 0.142. The van der Waals surface area contributed by atoms with Crippen LogP contribution in [0.1, 0.15) is 90.5 Å². The summed E-state index contributed by atoms with van der Waals surface area (Å²) >= 11 is 1.89. The summed E-state index contributed by atoms with van der Waals surface area (Å²) in [5, 5.41) is 4.44. The van der Waals surface area contributed by atoms with Gasteiger partial charge >= 0.3 is 0 Å². The SMILES string of the molecule is CCCCCCCC(C)(CCCC)n1nc(I)c(C(F)F)c1OC. The Morgan fingerprint density at radius 3 is 2.21 bits per heavy atom. The molecule has 24 heavy (non-hydrogen) atoms. The molecular formula is C18H31F2IN2O. The number of ether oxygens (including phenoxy) is 1. The van der Waals surface area contributed by atoms with Crippen LogP contribution in [0.4, 0.5) is 8.78 Å². The summed E-state index contributed by atoms with van der Waals surface area (Å²) in [7, 11) is 1.46. The summed E-state index contributed by atoms with van der Waals surface area (Å²) in [5.41, 5.74) is -0.354. The standard InChI is InChI=1S/C18H31F2IN2O/c1-5-7-9-10-11-13-18(3,12-8-6-2)23-17(24-4)14(15(19)20)16(21)22-23/h15H,5-13H2,1-4H3. The maximum atomic E-state index is 13.4. The van der Waals surface area contributed by atoms with Crippen LogP contribution in [0.15, 0.2) is 0 Å². The molecule has 0 saturated heterocycles. The third-order valence-electron chi connectivity index (χ3n) is 4.64. The molecule has 1 aromatic rings. The fourth-order valence-corrected chi connectivity index (χ4v) is 3.82. The molecule has 140 valence electrons. The predicted molar refractivity (Wildman–Crippen MR) is 103 cm³/mol. The number of hydrogen-bond acceptors (Lipinski definition) is 2. The first-order valence-corrected chi connectivity index (χ1v) is 10.1. The van der Waals surface area contributed by atoms with Gasteiger partial charge in [0, 0.05) is 0 Å². The van der Waals surface area contributed by atoms with Crippen molar-refractivity contribution in [3.8, 4) is 5.88 Å². The Hall–Kier alpha value is -0.400. The molecule has 1 atom stereocenters. The van der Waals surface area contributed by atoms with Crippen molar-refractivity contribution in [1.82, 2.24) is 9.78 Å². The third-order valence-corrected chi connectivity index (χ3v) is 5.44. The molecule has 1 unspecified atom stereocenters. The molecule has 0 aromatic carbocycles. The van der Waals surface area contributed by atoms with E-state index in [4.69, 9.17) is 4.74 Å². The van der Waals surface area contributed by atoms with Crippen LogP contribution >= 0.6 is 22.6 Å². The van der Waals surface area contributed by atoms with Crippen molar-refractivity contribution in [2.75, 3.05) is 7.11 Å². The van der Waals surface area contributed by atoms with E-state index in [-0.39, 0.29) is 17.0 Å². The van der Waals surface area contributed by atoms with Gasteiger partial charge < -0.3 is 4.74 Å². The van der Waals surface area contributed by atoms with Crippen molar-refractivity contribution in [3.05, 3.63) is 9.26 Å². The number of unbranched alkanes of at least 4 members (excludes halogenated alkanes) is 5. The number of alkyl halides is 2. The maximum Gasteiger partial charge on any atom is 0.271 e. The Kier molecular flexibility index (Phi) is 9.52. The highest BCUT2D eigenvalue weighted by molar-refractivity contribution is 14.1. The highest BCUT2D eigenvalue weighted by atomic mass is 127.